The molecule has 3 nitrogen and oxygen atoms in total. The number of hydrogen-bond acceptors (Lipinski definition) is 4. The van der Waals surface area contributed by atoms with Crippen LogP contribution in [-0.2, 0) is 22.6 Å². The van der Waals surface area contributed by atoms with E-state index in [-0.39, 0.29) is 10.8 Å². The van der Waals surface area contributed by atoms with Gasteiger partial charge in [0.25, 0.3) is 0 Å². The molecule has 26 heavy (non-hydrogen) atoms. The molecule has 0 aromatic heterocycles. The van der Waals surface area contributed by atoms with Crippen LogP contribution in [0.4, 0.5) is 0 Å². The molecule has 0 saturated carbocycles. The van der Waals surface area contributed by atoms with Gasteiger partial charge in [0.15, 0.2) is 11.5 Å². The second-order valence-electron chi connectivity index (χ2n) is 8.73. The van der Waals surface area contributed by atoms with Crippen molar-refractivity contribution >= 4 is 23.6 Å². The Kier molecular flexibility index (Phi) is 4.65. The molecular weight excluding hydrogens is 363 g/mol. The smallest absolute Gasteiger partial charge is 0.319 e. The Bertz CT molecular complexity index is 874. The Balaban J connectivity index is 2.10. The first-order valence-electron chi connectivity index (χ1n) is 8.77. The van der Waals surface area contributed by atoms with Crippen LogP contribution in [0.25, 0.3) is 0 Å². The third-order valence-corrected chi connectivity index (χ3v) is 7.42. The van der Waals surface area contributed by atoms with E-state index in [1.807, 2.05) is 24.3 Å². The summed E-state index contributed by atoms with van der Waals surface area (Å²) in [5.74, 6) is 2.35. The highest BCUT2D eigenvalue weighted by atomic mass is 32.5. The fourth-order valence-corrected chi connectivity index (χ4v) is 5.31. The van der Waals surface area contributed by atoms with E-state index in [0.717, 1.165) is 28.1 Å². The Hall–Kier alpha value is -1.51. The van der Waals surface area contributed by atoms with Gasteiger partial charge >= 0.3 is 6.49 Å². The first-order chi connectivity index (χ1) is 11.9. The molecule has 0 spiro atoms. The Morgan fingerprint density at radius 1 is 0.885 bits per heavy atom. The molecule has 0 aliphatic carbocycles. The molecule has 140 valence electrons. The van der Waals surface area contributed by atoms with Crippen LogP contribution in [0.5, 0.6) is 17.2 Å². The van der Waals surface area contributed by atoms with Crippen LogP contribution >= 0.6 is 6.49 Å². The maximum absolute atomic E-state index is 6.34. The molecule has 2 aromatic carbocycles. The van der Waals surface area contributed by atoms with E-state index in [0.29, 0.717) is 0 Å². The van der Waals surface area contributed by atoms with Crippen LogP contribution < -0.4 is 19.1 Å². The highest BCUT2D eigenvalue weighted by Gasteiger charge is 2.39. The summed E-state index contributed by atoms with van der Waals surface area (Å²) >= 11 is 5.86. The third kappa shape index (κ3) is 3.50. The van der Waals surface area contributed by atoms with Crippen molar-refractivity contribution in [3.8, 4) is 17.2 Å². The number of hydrogen-bond donors (Lipinski definition) is 0. The lowest BCUT2D eigenvalue weighted by Gasteiger charge is -2.26. The number of methoxy groups -OCH3 is 1. The van der Waals surface area contributed by atoms with Gasteiger partial charge in [0.1, 0.15) is 5.75 Å². The number of benzene rings is 2. The van der Waals surface area contributed by atoms with Gasteiger partial charge in [-0.2, -0.15) is 0 Å². The van der Waals surface area contributed by atoms with Crippen molar-refractivity contribution in [1.29, 1.82) is 0 Å². The van der Waals surface area contributed by atoms with Crippen molar-refractivity contribution in [2.75, 3.05) is 7.11 Å². The second kappa shape index (κ2) is 6.28. The molecule has 0 N–H and O–H groups in total. The van der Waals surface area contributed by atoms with Gasteiger partial charge in [-0.05, 0) is 58.5 Å². The Morgan fingerprint density at radius 2 is 1.50 bits per heavy atom. The van der Waals surface area contributed by atoms with Crippen molar-refractivity contribution in [3.63, 3.8) is 0 Å². The lowest BCUT2D eigenvalue weighted by atomic mass is 9.80. The number of ether oxygens (including phenoxy) is 1. The van der Waals surface area contributed by atoms with Crippen molar-refractivity contribution in [2.24, 2.45) is 0 Å². The van der Waals surface area contributed by atoms with Crippen LogP contribution in [0.2, 0.25) is 0 Å². The SMILES string of the molecule is COc1ccc(P2(=S)Oc3cc(C(C)(C)C)cc(C(C)(C)C)c3O2)cc1. The quantitative estimate of drug-likeness (QED) is 0.615. The lowest BCUT2D eigenvalue weighted by molar-refractivity contribution is 0.415. The monoisotopic (exact) mass is 390 g/mol. The van der Waals surface area contributed by atoms with Gasteiger partial charge in [-0.15, -0.1) is 0 Å². The van der Waals surface area contributed by atoms with Crippen LogP contribution in [-0.4, -0.2) is 7.11 Å². The summed E-state index contributed by atoms with van der Waals surface area (Å²) in [6.07, 6.45) is 0. The van der Waals surface area contributed by atoms with Crippen LogP contribution in [0.1, 0.15) is 52.7 Å². The molecule has 1 heterocycles. The fourth-order valence-electron chi connectivity index (χ4n) is 2.89. The Labute approximate surface area is 161 Å². The minimum atomic E-state index is -2.63. The first-order valence-corrected chi connectivity index (χ1v) is 11.4. The van der Waals surface area contributed by atoms with Gasteiger partial charge in [-0.3, -0.25) is 0 Å². The molecule has 2 aromatic rings. The molecule has 1 aliphatic rings. The van der Waals surface area contributed by atoms with E-state index in [1.54, 1.807) is 7.11 Å². The minimum Gasteiger partial charge on any atom is -0.497 e. The van der Waals surface area contributed by atoms with E-state index in [4.69, 9.17) is 25.6 Å². The third-order valence-electron chi connectivity index (χ3n) is 4.55. The van der Waals surface area contributed by atoms with Crippen molar-refractivity contribution < 1.29 is 13.8 Å². The van der Waals surface area contributed by atoms with E-state index in [1.165, 1.54) is 5.56 Å². The molecule has 3 rings (SSSR count). The predicted octanol–water partition coefficient (Wildman–Crippen LogP) is 5.70. The summed E-state index contributed by atoms with van der Waals surface area (Å²) in [5.41, 5.74) is 2.31. The van der Waals surface area contributed by atoms with Crippen LogP contribution in [0, 0.1) is 0 Å². The zero-order chi connectivity index (χ0) is 19.3. The molecule has 1 atom stereocenters. The molecule has 1 aliphatic heterocycles. The molecule has 0 bridgehead atoms. The standard InChI is InChI=1S/C21H27O3PS/c1-20(2,3)14-12-17(21(4,5)6)19-18(13-14)23-25(26,24-19)16-10-8-15(22-7)9-11-16/h8-13H,1-7H3. The van der Waals surface area contributed by atoms with Gasteiger partial charge in [-0.25, -0.2) is 0 Å². The van der Waals surface area contributed by atoms with Crippen molar-refractivity contribution in [3.05, 3.63) is 47.5 Å². The van der Waals surface area contributed by atoms with Gasteiger partial charge in [0, 0.05) is 5.56 Å². The Morgan fingerprint density at radius 3 is 2.00 bits per heavy atom. The first kappa shape index (κ1) is 19.3. The summed E-state index contributed by atoms with van der Waals surface area (Å²) in [6.45, 7) is 10.6. The summed E-state index contributed by atoms with van der Waals surface area (Å²) in [5, 5.41) is 0.890. The normalized spacial score (nSPS) is 19.5. The summed E-state index contributed by atoms with van der Waals surface area (Å²) < 4.78 is 17.9. The molecule has 5 heteroatoms. The molecule has 0 radical (unpaired) electrons. The maximum Gasteiger partial charge on any atom is 0.319 e. The highest BCUT2D eigenvalue weighted by molar-refractivity contribution is 8.14. The summed E-state index contributed by atoms with van der Waals surface area (Å²) in [7, 11) is 1.65. The molecule has 0 fully saturated rings. The van der Waals surface area contributed by atoms with E-state index >= 15 is 0 Å². The van der Waals surface area contributed by atoms with Gasteiger partial charge < -0.3 is 13.8 Å². The average Bonchev–Trinajstić information content (AvgIpc) is 2.89. The zero-order valence-electron chi connectivity index (χ0n) is 16.5. The van der Waals surface area contributed by atoms with E-state index < -0.39 is 6.49 Å². The molecule has 1 unspecified atom stereocenters. The van der Waals surface area contributed by atoms with Crippen molar-refractivity contribution in [1.82, 2.24) is 0 Å². The number of rotatable bonds is 2. The largest absolute Gasteiger partial charge is 0.497 e. The average molecular weight is 390 g/mol. The predicted molar refractivity (Wildman–Crippen MR) is 112 cm³/mol. The lowest BCUT2D eigenvalue weighted by Crippen LogP contribution is -2.16. The highest BCUT2D eigenvalue weighted by Crippen LogP contribution is 2.60. The van der Waals surface area contributed by atoms with Crippen LogP contribution in [0.15, 0.2) is 36.4 Å². The van der Waals surface area contributed by atoms with Crippen molar-refractivity contribution in [2.45, 2.75) is 52.4 Å². The van der Waals surface area contributed by atoms with Gasteiger partial charge in [0.05, 0.1) is 12.4 Å². The van der Waals surface area contributed by atoms with Crippen LogP contribution in [0.3, 0.4) is 0 Å². The van der Waals surface area contributed by atoms with E-state index in [2.05, 4.69) is 53.7 Å². The fraction of sp³-hybridized carbons (Fsp3) is 0.429. The molecular formula is C21H27O3PS. The summed E-state index contributed by atoms with van der Waals surface area (Å²) in [6, 6.07) is 12.0. The van der Waals surface area contributed by atoms with Gasteiger partial charge in [0.2, 0.25) is 0 Å². The minimum absolute atomic E-state index is 0.0175. The van der Waals surface area contributed by atoms with Gasteiger partial charge in [-0.1, -0.05) is 47.6 Å². The topological polar surface area (TPSA) is 27.7 Å². The molecule has 0 amide bonds. The zero-order valence-corrected chi connectivity index (χ0v) is 18.3. The van der Waals surface area contributed by atoms with E-state index in [9.17, 15) is 0 Å². The summed E-state index contributed by atoms with van der Waals surface area (Å²) in [4.78, 5) is 0. The maximum atomic E-state index is 6.34. The molecule has 0 saturated heterocycles. The number of fused-ring (bicyclic) bond motifs is 1. The second-order valence-corrected chi connectivity index (χ2v) is 12.0.